The van der Waals surface area contributed by atoms with Gasteiger partial charge in [0.1, 0.15) is 17.3 Å². The smallest absolute Gasteiger partial charge is 0.265 e. The summed E-state index contributed by atoms with van der Waals surface area (Å²) in [5.41, 5.74) is 0.806. The van der Waals surface area contributed by atoms with Crippen molar-refractivity contribution in [3.8, 4) is 5.75 Å². The average molecular weight is 421 g/mol. The van der Waals surface area contributed by atoms with Crippen molar-refractivity contribution in [2.24, 2.45) is 0 Å². The lowest BCUT2D eigenvalue weighted by atomic mass is 10.1. The number of nitrogens with zero attached hydrogens (tertiary/aromatic N) is 1. The van der Waals surface area contributed by atoms with Crippen molar-refractivity contribution >= 4 is 5.91 Å². The van der Waals surface area contributed by atoms with Crippen LogP contribution in [0.5, 0.6) is 5.75 Å². The Bertz CT molecular complexity index is 952. The molecule has 1 fully saturated rings. The number of rotatable bonds is 8. The number of amides is 1. The molecule has 2 atom stereocenters. The van der Waals surface area contributed by atoms with E-state index in [9.17, 15) is 4.79 Å². The van der Waals surface area contributed by atoms with Crippen molar-refractivity contribution in [2.75, 3.05) is 32.8 Å². The number of hydrogen-bond donors (Lipinski definition) is 1. The quantitative estimate of drug-likeness (QED) is 0.599. The summed E-state index contributed by atoms with van der Waals surface area (Å²) in [7, 11) is 0. The van der Waals surface area contributed by atoms with Crippen molar-refractivity contribution in [1.82, 2.24) is 10.2 Å². The van der Waals surface area contributed by atoms with Gasteiger partial charge in [0.2, 0.25) is 6.10 Å². The number of carbonyl (C=O) groups is 1. The lowest BCUT2D eigenvalue weighted by Gasteiger charge is -2.33. The van der Waals surface area contributed by atoms with Crippen LogP contribution in [-0.4, -0.2) is 43.7 Å². The first-order chi connectivity index (χ1) is 15.2. The van der Waals surface area contributed by atoms with E-state index >= 15 is 0 Å². The lowest BCUT2D eigenvalue weighted by molar-refractivity contribution is -0.128. The van der Waals surface area contributed by atoms with Crippen molar-refractivity contribution in [3.63, 3.8) is 0 Å². The highest BCUT2D eigenvalue weighted by Crippen LogP contribution is 2.25. The van der Waals surface area contributed by atoms with Gasteiger partial charge in [0.15, 0.2) is 0 Å². The Balaban J connectivity index is 1.50. The third kappa shape index (κ3) is 5.54. The van der Waals surface area contributed by atoms with E-state index in [-0.39, 0.29) is 11.9 Å². The van der Waals surface area contributed by atoms with Gasteiger partial charge in [0, 0.05) is 25.2 Å². The van der Waals surface area contributed by atoms with Crippen molar-refractivity contribution in [3.05, 3.63) is 89.9 Å². The first-order valence-electron chi connectivity index (χ1n) is 10.6. The Morgan fingerprint density at radius 2 is 1.68 bits per heavy atom. The van der Waals surface area contributed by atoms with Crippen molar-refractivity contribution < 1.29 is 18.7 Å². The molecule has 1 amide bonds. The molecule has 2 aromatic carbocycles. The highest BCUT2D eigenvalue weighted by Gasteiger charge is 2.28. The van der Waals surface area contributed by atoms with Gasteiger partial charge in [-0.25, -0.2) is 0 Å². The molecule has 2 unspecified atom stereocenters. The largest absolute Gasteiger partial charge is 0.476 e. The molecule has 0 saturated carbocycles. The second-order valence-electron chi connectivity index (χ2n) is 7.58. The van der Waals surface area contributed by atoms with Gasteiger partial charge < -0.3 is 19.2 Å². The zero-order valence-corrected chi connectivity index (χ0v) is 17.7. The molecular formula is C25H28N2O4. The molecule has 1 aliphatic rings. The van der Waals surface area contributed by atoms with Crippen LogP contribution >= 0.6 is 0 Å². The van der Waals surface area contributed by atoms with Crippen LogP contribution in [0, 0.1) is 6.92 Å². The fourth-order valence-electron chi connectivity index (χ4n) is 3.76. The second-order valence-corrected chi connectivity index (χ2v) is 7.58. The number of benzene rings is 2. The van der Waals surface area contributed by atoms with Gasteiger partial charge >= 0.3 is 0 Å². The molecule has 1 aromatic heterocycles. The Labute approximate surface area is 182 Å². The van der Waals surface area contributed by atoms with Gasteiger partial charge in [-0.05, 0) is 31.2 Å². The lowest BCUT2D eigenvalue weighted by Crippen LogP contribution is -2.44. The van der Waals surface area contributed by atoms with Crippen LogP contribution in [0.25, 0.3) is 0 Å². The Kier molecular flexibility index (Phi) is 7.02. The number of morpholine rings is 1. The maximum absolute atomic E-state index is 13.3. The molecule has 1 saturated heterocycles. The molecule has 0 radical (unpaired) electrons. The van der Waals surface area contributed by atoms with Gasteiger partial charge in [-0.15, -0.1) is 0 Å². The third-order valence-electron chi connectivity index (χ3n) is 5.38. The van der Waals surface area contributed by atoms with Crippen LogP contribution in [0.4, 0.5) is 0 Å². The molecule has 6 nitrogen and oxygen atoms in total. The minimum Gasteiger partial charge on any atom is -0.476 e. The summed E-state index contributed by atoms with van der Waals surface area (Å²) in [5.74, 6) is 2.17. The number of carbonyl (C=O) groups excluding carboxylic acids is 1. The van der Waals surface area contributed by atoms with Gasteiger partial charge in [-0.3, -0.25) is 9.69 Å². The molecular weight excluding hydrogens is 392 g/mol. The molecule has 3 aromatic rings. The van der Waals surface area contributed by atoms with E-state index in [1.807, 2.05) is 79.7 Å². The molecule has 6 heteroatoms. The highest BCUT2D eigenvalue weighted by atomic mass is 16.5. The molecule has 0 spiro atoms. The predicted molar refractivity (Wildman–Crippen MR) is 118 cm³/mol. The van der Waals surface area contributed by atoms with E-state index in [0.29, 0.717) is 25.5 Å². The van der Waals surface area contributed by atoms with Gasteiger partial charge in [-0.1, -0.05) is 48.5 Å². The maximum atomic E-state index is 13.3. The van der Waals surface area contributed by atoms with Crippen LogP contribution < -0.4 is 10.1 Å². The zero-order chi connectivity index (χ0) is 21.5. The average Bonchev–Trinajstić information content (AvgIpc) is 3.25. The van der Waals surface area contributed by atoms with Crippen LogP contribution in [0.2, 0.25) is 0 Å². The molecule has 0 aliphatic carbocycles. The highest BCUT2D eigenvalue weighted by molar-refractivity contribution is 5.82. The summed E-state index contributed by atoms with van der Waals surface area (Å²) >= 11 is 0. The zero-order valence-electron chi connectivity index (χ0n) is 17.7. The molecule has 1 N–H and O–H groups in total. The number of aryl methyl sites for hydroxylation is 1. The van der Waals surface area contributed by atoms with E-state index in [0.717, 1.165) is 30.2 Å². The number of nitrogens with one attached hydrogen (secondary N) is 1. The van der Waals surface area contributed by atoms with E-state index in [4.69, 9.17) is 13.9 Å². The number of para-hydroxylation sites is 1. The predicted octanol–water partition coefficient (Wildman–Crippen LogP) is 3.90. The number of hydrogen-bond acceptors (Lipinski definition) is 5. The first kappa shape index (κ1) is 21.2. The van der Waals surface area contributed by atoms with Gasteiger partial charge in [0.05, 0.1) is 19.3 Å². The standard InChI is InChI=1S/C25H28N2O4/c1-19-12-13-23(30-19)22(27-14-16-29-17-15-27)18-26-25(28)24(20-8-4-2-5-9-20)31-21-10-6-3-7-11-21/h2-13,22,24H,14-18H2,1H3,(H,26,28). The molecule has 0 bridgehead atoms. The topological polar surface area (TPSA) is 63.9 Å². The normalized spacial score (nSPS) is 16.4. The molecule has 31 heavy (non-hydrogen) atoms. The molecule has 1 aliphatic heterocycles. The third-order valence-corrected chi connectivity index (χ3v) is 5.38. The number of ether oxygens (including phenoxy) is 2. The van der Waals surface area contributed by atoms with E-state index < -0.39 is 6.10 Å². The summed E-state index contributed by atoms with van der Waals surface area (Å²) < 4.78 is 17.5. The Morgan fingerprint density at radius 1 is 1.00 bits per heavy atom. The second kappa shape index (κ2) is 10.3. The Hall–Kier alpha value is -3.09. The van der Waals surface area contributed by atoms with E-state index in [1.165, 1.54) is 0 Å². The molecule has 4 rings (SSSR count). The van der Waals surface area contributed by atoms with Crippen molar-refractivity contribution in [1.29, 1.82) is 0 Å². The first-order valence-corrected chi connectivity index (χ1v) is 10.6. The summed E-state index contributed by atoms with van der Waals surface area (Å²) in [4.78, 5) is 15.6. The van der Waals surface area contributed by atoms with Crippen LogP contribution in [0.1, 0.15) is 29.2 Å². The summed E-state index contributed by atoms with van der Waals surface area (Å²) in [5, 5.41) is 3.10. The minimum absolute atomic E-state index is 0.0605. The molecule has 162 valence electrons. The van der Waals surface area contributed by atoms with E-state index in [2.05, 4.69) is 10.2 Å². The molecule has 2 heterocycles. The fraction of sp³-hybridized carbons (Fsp3) is 0.320. The summed E-state index contributed by atoms with van der Waals surface area (Å²) in [6, 6.07) is 22.8. The number of furan rings is 1. The maximum Gasteiger partial charge on any atom is 0.265 e. The van der Waals surface area contributed by atoms with E-state index in [1.54, 1.807) is 0 Å². The van der Waals surface area contributed by atoms with Gasteiger partial charge in [0.25, 0.3) is 5.91 Å². The van der Waals surface area contributed by atoms with Crippen LogP contribution in [0.15, 0.2) is 77.2 Å². The van der Waals surface area contributed by atoms with Crippen molar-refractivity contribution in [2.45, 2.75) is 19.1 Å². The van der Waals surface area contributed by atoms with Crippen LogP contribution in [0.3, 0.4) is 0 Å². The summed E-state index contributed by atoms with van der Waals surface area (Å²) in [6.07, 6.45) is -0.743. The van der Waals surface area contributed by atoms with Gasteiger partial charge in [-0.2, -0.15) is 0 Å². The monoisotopic (exact) mass is 420 g/mol. The SMILES string of the molecule is Cc1ccc(C(CNC(=O)C(Oc2ccccc2)c2ccccc2)N2CCOCC2)o1. The summed E-state index contributed by atoms with van der Waals surface area (Å²) in [6.45, 7) is 5.29. The Morgan fingerprint density at radius 3 is 2.32 bits per heavy atom. The fourth-order valence-corrected chi connectivity index (χ4v) is 3.76. The minimum atomic E-state index is -0.743. The van der Waals surface area contributed by atoms with Crippen LogP contribution in [-0.2, 0) is 9.53 Å².